The zero-order chi connectivity index (χ0) is 19.4. The largest absolute Gasteiger partial charge is 0.508 e. The summed E-state index contributed by atoms with van der Waals surface area (Å²) in [5, 5.41) is 10.4. The molecule has 2 amide bonds. The maximum atomic E-state index is 12.6. The smallest absolute Gasteiger partial charge is 0.285 e. The molecule has 0 aliphatic carbocycles. The normalized spacial score (nSPS) is 16.1. The molecular formula is C20H16N2O3S2. The van der Waals surface area contributed by atoms with E-state index in [4.69, 9.17) is 12.2 Å². The van der Waals surface area contributed by atoms with Gasteiger partial charge in [-0.15, -0.1) is 0 Å². The van der Waals surface area contributed by atoms with Crippen LogP contribution in [0.1, 0.15) is 22.8 Å². The molecule has 0 spiro atoms. The zero-order valence-corrected chi connectivity index (χ0v) is 16.0. The third-order valence-electron chi connectivity index (χ3n) is 3.69. The van der Waals surface area contributed by atoms with Crippen LogP contribution in [0.2, 0.25) is 0 Å². The van der Waals surface area contributed by atoms with Gasteiger partial charge in [0.25, 0.3) is 11.8 Å². The monoisotopic (exact) mass is 396 g/mol. The van der Waals surface area contributed by atoms with Crippen molar-refractivity contribution >= 4 is 46.2 Å². The Bertz CT molecular complexity index is 951. The fraction of sp³-hybridized carbons (Fsp3) is 0.0500. The van der Waals surface area contributed by atoms with E-state index in [-0.39, 0.29) is 16.0 Å². The Balaban J connectivity index is 1.73. The molecule has 3 rings (SSSR count). The summed E-state index contributed by atoms with van der Waals surface area (Å²) in [5.41, 5.74) is 4.74. The average Bonchev–Trinajstić information content (AvgIpc) is 2.90. The summed E-state index contributed by atoms with van der Waals surface area (Å²) in [6, 6.07) is 15.5. The molecule has 136 valence electrons. The summed E-state index contributed by atoms with van der Waals surface area (Å²) in [5.74, 6) is -0.803. The van der Waals surface area contributed by atoms with E-state index in [1.54, 1.807) is 6.08 Å². The first-order valence-electron chi connectivity index (χ1n) is 8.05. The van der Waals surface area contributed by atoms with Crippen molar-refractivity contribution in [3.63, 3.8) is 0 Å². The van der Waals surface area contributed by atoms with Gasteiger partial charge in [-0.2, -0.15) is 5.01 Å². The van der Waals surface area contributed by atoms with Crippen molar-refractivity contribution in [2.45, 2.75) is 6.92 Å². The summed E-state index contributed by atoms with van der Waals surface area (Å²) in [6.07, 6.45) is 3.71. The second-order valence-corrected chi connectivity index (χ2v) is 7.48. The van der Waals surface area contributed by atoms with Gasteiger partial charge in [0.2, 0.25) is 0 Å². The van der Waals surface area contributed by atoms with E-state index in [0.29, 0.717) is 10.5 Å². The Morgan fingerprint density at radius 1 is 1.15 bits per heavy atom. The van der Waals surface area contributed by atoms with Gasteiger partial charge in [0.05, 0.1) is 4.91 Å². The number of thioether (sulfide) groups is 1. The van der Waals surface area contributed by atoms with Crippen LogP contribution in [0.25, 0.3) is 6.08 Å². The SMILES string of the molecule is CC(=Cc1ccccc1)C=C1SC(=S)N(NC(=O)c2ccc(O)cc2)C1=O. The average molecular weight is 396 g/mol. The topological polar surface area (TPSA) is 69.6 Å². The molecule has 0 saturated carbocycles. The number of thiocarbonyl (C=S) groups is 1. The number of carbonyl (C=O) groups excluding carboxylic acids is 2. The van der Waals surface area contributed by atoms with Gasteiger partial charge in [-0.25, -0.2) is 0 Å². The molecule has 1 heterocycles. The fourth-order valence-corrected chi connectivity index (χ4v) is 3.63. The maximum Gasteiger partial charge on any atom is 0.285 e. The van der Waals surface area contributed by atoms with Gasteiger partial charge in [0, 0.05) is 5.56 Å². The van der Waals surface area contributed by atoms with E-state index >= 15 is 0 Å². The number of benzene rings is 2. The lowest BCUT2D eigenvalue weighted by atomic mass is 10.1. The minimum atomic E-state index is -0.482. The number of hydrogen-bond donors (Lipinski definition) is 2. The number of carbonyl (C=O) groups is 2. The summed E-state index contributed by atoms with van der Waals surface area (Å²) < 4.78 is 0.255. The number of amides is 2. The second kappa shape index (κ2) is 8.20. The number of phenolic OH excluding ortho intramolecular Hbond substituents is 1. The maximum absolute atomic E-state index is 12.6. The van der Waals surface area contributed by atoms with Crippen molar-refractivity contribution in [2.75, 3.05) is 0 Å². The number of nitrogens with one attached hydrogen (secondary N) is 1. The van der Waals surface area contributed by atoms with Gasteiger partial charge in [-0.05, 0) is 60.6 Å². The standard InChI is InChI=1S/C20H16N2O3S2/c1-13(11-14-5-3-2-4-6-14)12-17-19(25)22(20(26)27-17)21-18(24)15-7-9-16(23)10-8-15/h2-12,23H,1H3,(H,21,24). The Labute approximate surface area is 166 Å². The third-order valence-corrected chi connectivity index (χ3v) is 4.99. The van der Waals surface area contributed by atoms with Crippen LogP contribution in [0.3, 0.4) is 0 Å². The molecule has 2 aromatic rings. The summed E-state index contributed by atoms with van der Waals surface area (Å²) in [4.78, 5) is 25.3. The zero-order valence-electron chi connectivity index (χ0n) is 14.4. The third kappa shape index (κ3) is 4.64. The molecule has 2 N–H and O–H groups in total. The molecule has 1 aliphatic rings. The predicted octanol–water partition coefficient (Wildman–Crippen LogP) is 3.88. The second-order valence-electron chi connectivity index (χ2n) is 5.80. The highest BCUT2D eigenvalue weighted by molar-refractivity contribution is 8.26. The first-order valence-corrected chi connectivity index (χ1v) is 9.28. The molecule has 0 bridgehead atoms. The highest BCUT2D eigenvalue weighted by Gasteiger charge is 2.33. The van der Waals surface area contributed by atoms with Crippen molar-refractivity contribution in [1.29, 1.82) is 0 Å². The van der Waals surface area contributed by atoms with Crippen molar-refractivity contribution in [2.24, 2.45) is 0 Å². The van der Waals surface area contributed by atoms with Crippen LogP contribution in [0, 0.1) is 0 Å². The Hall–Kier alpha value is -2.90. The van der Waals surface area contributed by atoms with Gasteiger partial charge in [0.15, 0.2) is 4.32 Å². The molecule has 0 aromatic heterocycles. The summed E-state index contributed by atoms with van der Waals surface area (Å²) in [7, 11) is 0. The van der Waals surface area contributed by atoms with Gasteiger partial charge < -0.3 is 5.11 Å². The van der Waals surface area contributed by atoms with E-state index < -0.39 is 5.91 Å². The lowest BCUT2D eigenvalue weighted by Crippen LogP contribution is -2.44. The van der Waals surface area contributed by atoms with Crippen LogP contribution in [-0.4, -0.2) is 26.3 Å². The Morgan fingerprint density at radius 2 is 1.81 bits per heavy atom. The first-order chi connectivity index (χ1) is 12.9. The van der Waals surface area contributed by atoms with E-state index in [9.17, 15) is 14.7 Å². The van der Waals surface area contributed by atoms with Crippen LogP contribution in [0.4, 0.5) is 0 Å². The Kier molecular flexibility index (Phi) is 5.73. The van der Waals surface area contributed by atoms with Crippen LogP contribution in [0.15, 0.2) is 71.2 Å². The van der Waals surface area contributed by atoms with Crippen LogP contribution >= 0.6 is 24.0 Å². The number of nitrogens with zero attached hydrogens (tertiary/aromatic N) is 1. The lowest BCUT2D eigenvalue weighted by molar-refractivity contribution is -0.123. The van der Waals surface area contributed by atoms with Crippen LogP contribution < -0.4 is 5.43 Å². The van der Waals surface area contributed by atoms with E-state index in [0.717, 1.165) is 27.9 Å². The highest BCUT2D eigenvalue weighted by atomic mass is 32.2. The molecule has 1 fully saturated rings. The van der Waals surface area contributed by atoms with Gasteiger partial charge >= 0.3 is 0 Å². The molecule has 0 unspecified atom stereocenters. The minimum absolute atomic E-state index is 0.0563. The minimum Gasteiger partial charge on any atom is -0.508 e. The number of hydrogen-bond acceptors (Lipinski definition) is 5. The van der Waals surface area contributed by atoms with Gasteiger partial charge in [-0.3, -0.25) is 15.0 Å². The van der Waals surface area contributed by atoms with Crippen molar-refractivity contribution in [3.8, 4) is 5.75 Å². The summed E-state index contributed by atoms with van der Waals surface area (Å²) >= 11 is 6.35. The van der Waals surface area contributed by atoms with Crippen molar-refractivity contribution < 1.29 is 14.7 Å². The quantitative estimate of drug-likeness (QED) is 0.606. The lowest BCUT2D eigenvalue weighted by Gasteiger charge is -2.15. The highest BCUT2D eigenvalue weighted by Crippen LogP contribution is 2.31. The van der Waals surface area contributed by atoms with Gasteiger partial charge in [0.1, 0.15) is 5.75 Å². The number of hydrazine groups is 1. The number of allylic oxidation sites excluding steroid dienone is 2. The first kappa shape index (κ1) is 18.9. The molecule has 7 heteroatoms. The van der Waals surface area contributed by atoms with E-state index in [2.05, 4.69) is 5.43 Å². The van der Waals surface area contributed by atoms with Crippen LogP contribution in [-0.2, 0) is 4.79 Å². The molecular weight excluding hydrogens is 380 g/mol. The Morgan fingerprint density at radius 3 is 2.48 bits per heavy atom. The fourth-order valence-electron chi connectivity index (χ4n) is 2.40. The summed E-state index contributed by atoms with van der Waals surface area (Å²) in [6.45, 7) is 1.90. The van der Waals surface area contributed by atoms with Crippen molar-refractivity contribution in [3.05, 3.63) is 82.3 Å². The number of phenols is 1. The number of aromatic hydroxyl groups is 1. The number of rotatable bonds is 4. The molecule has 27 heavy (non-hydrogen) atoms. The molecule has 1 aliphatic heterocycles. The molecule has 5 nitrogen and oxygen atoms in total. The molecule has 0 atom stereocenters. The van der Waals surface area contributed by atoms with Crippen LogP contribution in [0.5, 0.6) is 5.75 Å². The molecule has 0 radical (unpaired) electrons. The predicted molar refractivity (Wildman–Crippen MR) is 111 cm³/mol. The molecule has 2 aromatic carbocycles. The van der Waals surface area contributed by atoms with Crippen molar-refractivity contribution in [1.82, 2.24) is 10.4 Å². The van der Waals surface area contributed by atoms with Gasteiger partial charge in [-0.1, -0.05) is 48.2 Å². The van der Waals surface area contributed by atoms with E-state index in [1.165, 1.54) is 24.3 Å². The molecule has 1 saturated heterocycles. The van der Waals surface area contributed by atoms with E-state index in [1.807, 2.05) is 43.3 Å².